The number of nitrogens with zero attached hydrogens (tertiary/aromatic N) is 3. The molecule has 3 aromatic heterocycles. The van der Waals surface area contributed by atoms with E-state index in [1.165, 1.54) is 15.6 Å². The van der Waals surface area contributed by atoms with Crippen molar-refractivity contribution in [1.82, 2.24) is 9.97 Å². The molecule has 5 aromatic rings. The summed E-state index contributed by atoms with van der Waals surface area (Å²) >= 11 is 1.21. The standard InChI is InChI=1S/C24H20N4O2S2/c1-25-15-16-6-3-4-7-18(16)19-11-12-26-24-23(19)20-14-17(9-10-21(20)27-24)28(2)32(29,30)22-8-5-13-31-22/h3-14H,1,15H2,2H3,(H,26,27). The van der Waals surface area contributed by atoms with E-state index in [2.05, 4.69) is 27.7 Å². The third-order valence-corrected chi connectivity index (χ3v) is 8.70. The molecule has 0 atom stereocenters. The monoisotopic (exact) mass is 460 g/mol. The molecule has 0 saturated heterocycles. The van der Waals surface area contributed by atoms with E-state index in [9.17, 15) is 8.42 Å². The van der Waals surface area contributed by atoms with E-state index in [1.54, 1.807) is 36.8 Å². The van der Waals surface area contributed by atoms with Gasteiger partial charge in [0.1, 0.15) is 9.86 Å². The van der Waals surface area contributed by atoms with Gasteiger partial charge < -0.3 is 4.98 Å². The number of nitrogens with one attached hydrogen (secondary N) is 1. The summed E-state index contributed by atoms with van der Waals surface area (Å²) in [4.78, 5) is 11.9. The van der Waals surface area contributed by atoms with Gasteiger partial charge in [-0.05, 0) is 59.1 Å². The number of H-pyrrole nitrogens is 1. The molecule has 1 N–H and O–H groups in total. The molecule has 0 spiro atoms. The topological polar surface area (TPSA) is 78.4 Å². The number of anilines is 1. The van der Waals surface area contributed by atoms with Crippen molar-refractivity contribution in [2.24, 2.45) is 4.99 Å². The third kappa shape index (κ3) is 3.28. The molecule has 2 aromatic carbocycles. The third-order valence-electron chi connectivity index (χ3n) is 5.54. The minimum absolute atomic E-state index is 0.312. The van der Waals surface area contributed by atoms with Crippen molar-refractivity contribution in [3.8, 4) is 11.1 Å². The number of thiophene rings is 1. The van der Waals surface area contributed by atoms with Crippen molar-refractivity contribution < 1.29 is 8.42 Å². The smallest absolute Gasteiger partial charge is 0.273 e. The Morgan fingerprint density at radius 1 is 1.09 bits per heavy atom. The zero-order valence-electron chi connectivity index (χ0n) is 17.3. The number of rotatable bonds is 6. The summed E-state index contributed by atoms with van der Waals surface area (Å²) < 4.78 is 27.7. The van der Waals surface area contributed by atoms with Gasteiger partial charge in [-0.15, -0.1) is 11.3 Å². The van der Waals surface area contributed by atoms with E-state index in [1.807, 2.05) is 36.4 Å². The molecule has 3 heterocycles. The number of aromatic nitrogens is 2. The van der Waals surface area contributed by atoms with Gasteiger partial charge in [-0.25, -0.2) is 13.4 Å². The van der Waals surface area contributed by atoms with Gasteiger partial charge >= 0.3 is 0 Å². The minimum Gasteiger partial charge on any atom is -0.339 e. The Hall–Kier alpha value is -3.49. The van der Waals surface area contributed by atoms with Crippen LogP contribution in [0.3, 0.4) is 0 Å². The van der Waals surface area contributed by atoms with Crippen LogP contribution in [0.15, 0.2) is 81.4 Å². The van der Waals surface area contributed by atoms with Crippen LogP contribution in [0, 0.1) is 0 Å². The molecule has 0 aliphatic heterocycles. The van der Waals surface area contributed by atoms with Crippen molar-refractivity contribution in [2.45, 2.75) is 10.8 Å². The molecule has 0 saturated carbocycles. The predicted octanol–water partition coefficient (Wildman–Crippen LogP) is 5.47. The highest BCUT2D eigenvalue weighted by Crippen LogP contribution is 2.37. The van der Waals surface area contributed by atoms with Crippen LogP contribution >= 0.6 is 11.3 Å². The molecular weight excluding hydrogens is 440 g/mol. The fourth-order valence-electron chi connectivity index (χ4n) is 3.95. The zero-order chi connectivity index (χ0) is 22.3. The van der Waals surface area contributed by atoms with Crippen molar-refractivity contribution in [2.75, 3.05) is 11.4 Å². The molecule has 160 valence electrons. The van der Waals surface area contributed by atoms with E-state index in [0.29, 0.717) is 16.4 Å². The first-order valence-electron chi connectivity index (χ1n) is 9.94. The highest BCUT2D eigenvalue weighted by molar-refractivity contribution is 7.94. The van der Waals surface area contributed by atoms with Crippen LogP contribution in [0.4, 0.5) is 5.69 Å². The Labute approximate surface area is 189 Å². The first-order valence-corrected chi connectivity index (χ1v) is 12.3. The second-order valence-electron chi connectivity index (χ2n) is 7.38. The lowest BCUT2D eigenvalue weighted by Gasteiger charge is -2.18. The van der Waals surface area contributed by atoms with Gasteiger partial charge in [0.25, 0.3) is 10.0 Å². The van der Waals surface area contributed by atoms with Gasteiger partial charge in [-0.3, -0.25) is 9.30 Å². The van der Waals surface area contributed by atoms with E-state index in [0.717, 1.165) is 38.6 Å². The maximum Gasteiger partial charge on any atom is 0.273 e. The fraction of sp³-hybridized carbons (Fsp3) is 0.0833. The highest BCUT2D eigenvalue weighted by atomic mass is 32.2. The first-order chi connectivity index (χ1) is 15.5. The lowest BCUT2D eigenvalue weighted by atomic mass is 9.97. The first kappa shape index (κ1) is 20.4. The Kier molecular flexibility index (Phi) is 5.03. The number of fused-ring (bicyclic) bond motifs is 3. The van der Waals surface area contributed by atoms with Crippen molar-refractivity contribution in [3.63, 3.8) is 0 Å². The van der Waals surface area contributed by atoms with E-state index in [4.69, 9.17) is 0 Å². The average molecular weight is 461 g/mol. The van der Waals surface area contributed by atoms with Crippen molar-refractivity contribution in [3.05, 3.63) is 77.8 Å². The maximum atomic E-state index is 13.0. The molecule has 6 nitrogen and oxygen atoms in total. The van der Waals surface area contributed by atoms with E-state index < -0.39 is 10.0 Å². The van der Waals surface area contributed by atoms with Crippen LogP contribution in [0.1, 0.15) is 5.56 Å². The summed E-state index contributed by atoms with van der Waals surface area (Å²) in [6, 6.07) is 19.0. The lowest BCUT2D eigenvalue weighted by molar-refractivity contribution is 0.596. The molecule has 0 unspecified atom stereocenters. The fourth-order valence-corrected chi connectivity index (χ4v) is 6.30. The molecule has 0 aliphatic carbocycles. The number of benzene rings is 2. The van der Waals surface area contributed by atoms with Gasteiger partial charge in [-0.2, -0.15) is 0 Å². The Morgan fingerprint density at radius 2 is 1.94 bits per heavy atom. The number of hydrogen-bond acceptors (Lipinski definition) is 5. The van der Waals surface area contributed by atoms with Crippen LogP contribution in [0.25, 0.3) is 33.1 Å². The second kappa shape index (κ2) is 7.89. The number of aromatic amines is 1. The average Bonchev–Trinajstić information content (AvgIpc) is 3.47. The quantitative estimate of drug-likeness (QED) is 0.341. The Balaban J connectivity index is 1.72. The van der Waals surface area contributed by atoms with Gasteiger partial charge in [0, 0.05) is 29.5 Å². The SMILES string of the molecule is C=NCc1ccccc1-c1ccnc2[nH]c3ccc(N(C)S(=O)(=O)c4cccs4)cc3c12. The maximum absolute atomic E-state index is 13.0. The Bertz CT molecular complexity index is 1550. The molecule has 0 bridgehead atoms. The molecular formula is C24H20N4O2S2. The molecule has 0 amide bonds. The number of sulfonamides is 1. The minimum atomic E-state index is -3.62. The van der Waals surface area contributed by atoms with Gasteiger partial charge in [0.2, 0.25) is 0 Å². The largest absolute Gasteiger partial charge is 0.339 e. The lowest BCUT2D eigenvalue weighted by Crippen LogP contribution is -2.25. The Morgan fingerprint density at radius 3 is 2.72 bits per heavy atom. The molecule has 0 radical (unpaired) electrons. The summed E-state index contributed by atoms with van der Waals surface area (Å²) in [7, 11) is -2.04. The molecule has 0 aliphatic rings. The highest BCUT2D eigenvalue weighted by Gasteiger charge is 2.23. The van der Waals surface area contributed by atoms with Gasteiger partial charge in [-0.1, -0.05) is 30.3 Å². The van der Waals surface area contributed by atoms with Gasteiger partial charge in [0.05, 0.1) is 12.2 Å². The summed E-state index contributed by atoms with van der Waals surface area (Å²) in [5.74, 6) is 0. The second-order valence-corrected chi connectivity index (χ2v) is 10.5. The number of hydrogen-bond donors (Lipinski definition) is 1. The molecule has 32 heavy (non-hydrogen) atoms. The summed E-state index contributed by atoms with van der Waals surface area (Å²) in [5.41, 5.74) is 5.37. The van der Waals surface area contributed by atoms with Crippen LogP contribution in [-0.2, 0) is 16.6 Å². The normalized spacial score (nSPS) is 11.8. The van der Waals surface area contributed by atoms with Crippen LogP contribution in [0.2, 0.25) is 0 Å². The van der Waals surface area contributed by atoms with Crippen molar-refractivity contribution >= 4 is 55.7 Å². The predicted molar refractivity (Wildman–Crippen MR) is 132 cm³/mol. The molecule has 0 fully saturated rings. The number of aliphatic imine (C=N–C) groups is 1. The van der Waals surface area contributed by atoms with E-state index >= 15 is 0 Å². The van der Waals surface area contributed by atoms with E-state index in [-0.39, 0.29) is 0 Å². The van der Waals surface area contributed by atoms with Crippen molar-refractivity contribution in [1.29, 1.82) is 0 Å². The van der Waals surface area contributed by atoms with Gasteiger partial charge in [0.15, 0.2) is 0 Å². The van der Waals surface area contributed by atoms with Crippen LogP contribution < -0.4 is 4.31 Å². The van der Waals surface area contributed by atoms with Crippen LogP contribution in [0.5, 0.6) is 0 Å². The summed E-state index contributed by atoms with van der Waals surface area (Å²) in [6.07, 6.45) is 1.78. The number of pyridine rings is 1. The summed E-state index contributed by atoms with van der Waals surface area (Å²) in [6.45, 7) is 4.15. The molecule has 5 rings (SSSR count). The molecule has 8 heteroatoms. The van der Waals surface area contributed by atoms with Crippen LogP contribution in [-0.4, -0.2) is 32.2 Å². The zero-order valence-corrected chi connectivity index (χ0v) is 19.0. The summed E-state index contributed by atoms with van der Waals surface area (Å²) in [5, 5.41) is 3.62.